The first-order valence-electron chi connectivity index (χ1n) is 9.36. The predicted molar refractivity (Wildman–Crippen MR) is 106 cm³/mol. The van der Waals surface area contributed by atoms with E-state index >= 15 is 0 Å². The van der Waals surface area contributed by atoms with Gasteiger partial charge in [0.2, 0.25) is 0 Å². The van der Waals surface area contributed by atoms with Crippen LogP contribution >= 0.6 is 0 Å². The van der Waals surface area contributed by atoms with Gasteiger partial charge in [0.05, 0.1) is 17.1 Å². The second kappa shape index (κ2) is 8.00. The number of aryl methyl sites for hydroxylation is 1. The van der Waals surface area contributed by atoms with Crippen LogP contribution in [0.5, 0.6) is 5.75 Å². The first-order valence-corrected chi connectivity index (χ1v) is 9.36. The molecule has 1 aliphatic heterocycles. The number of aliphatic hydroxyl groups excluding tert-OH is 1. The number of nitrogens with one attached hydrogen (secondary N) is 1. The lowest BCUT2D eigenvalue weighted by atomic mass is 10.2. The molecule has 0 aliphatic carbocycles. The van der Waals surface area contributed by atoms with E-state index < -0.39 is 0 Å². The summed E-state index contributed by atoms with van der Waals surface area (Å²) in [5, 5.41) is 12.2. The summed E-state index contributed by atoms with van der Waals surface area (Å²) in [6.07, 6.45) is 2.27. The third kappa shape index (κ3) is 3.85. The van der Waals surface area contributed by atoms with Crippen molar-refractivity contribution < 1.29 is 19.4 Å². The summed E-state index contributed by atoms with van der Waals surface area (Å²) in [6.45, 7) is 1.21. The van der Waals surface area contributed by atoms with Crippen molar-refractivity contribution in [3.8, 4) is 5.75 Å². The Balaban J connectivity index is 1.40. The minimum Gasteiger partial charge on any atom is -0.491 e. The number of ether oxygens (including phenoxy) is 2. The molecule has 4 rings (SSSR count). The maximum Gasteiger partial charge on any atom is 0.255 e. The molecule has 146 valence electrons. The molecule has 0 spiro atoms. The molecule has 0 bridgehead atoms. The van der Waals surface area contributed by atoms with E-state index in [4.69, 9.17) is 9.47 Å². The van der Waals surface area contributed by atoms with Gasteiger partial charge in [-0.25, -0.2) is 4.98 Å². The smallest absolute Gasteiger partial charge is 0.255 e. The van der Waals surface area contributed by atoms with Gasteiger partial charge in [0.1, 0.15) is 24.8 Å². The molecule has 0 radical (unpaired) electrons. The van der Waals surface area contributed by atoms with E-state index in [-0.39, 0.29) is 18.6 Å². The van der Waals surface area contributed by atoms with Crippen molar-refractivity contribution in [3.05, 3.63) is 53.9 Å². The van der Waals surface area contributed by atoms with Crippen molar-refractivity contribution in [1.82, 2.24) is 9.55 Å². The lowest BCUT2D eigenvalue weighted by Gasteiger charge is -2.12. The fraction of sp³-hybridized carbons (Fsp3) is 0.333. The number of benzene rings is 2. The van der Waals surface area contributed by atoms with Crippen molar-refractivity contribution in [1.29, 1.82) is 0 Å². The number of rotatable bonds is 6. The molecule has 1 amide bonds. The Labute approximate surface area is 162 Å². The van der Waals surface area contributed by atoms with Crippen LogP contribution in [0.3, 0.4) is 0 Å². The van der Waals surface area contributed by atoms with Gasteiger partial charge in [-0.15, -0.1) is 0 Å². The number of aromatic nitrogens is 2. The summed E-state index contributed by atoms with van der Waals surface area (Å²) in [6, 6.07) is 12.6. The Hall–Kier alpha value is -2.90. The van der Waals surface area contributed by atoms with Crippen LogP contribution in [0.15, 0.2) is 42.5 Å². The minimum atomic E-state index is -0.205. The Morgan fingerprint density at radius 3 is 2.86 bits per heavy atom. The molecule has 1 fully saturated rings. The Morgan fingerprint density at radius 2 is 2.14 bits per heavy atom. The van der Waals surface area contributed by atoms with Crippen LogP contribution in [-0.4, -0.2) is 39.9 Å². The SMILES string of the molecule is Cn1c(CO)nc2cc(NC(=O)c3ccc(OCC4CCCO4)cc3)ccc21. The third-order valence-electron chi connectivity index (χ3n) is 4.95. The van der Waals surface area contributed by atoms with E-state index in [0.717, 1.165) is 36.2 Å². The van der Waals surface area contributed by atoms with Crippen molar-refractivity contribution in [2.75, 3.05) is 18.5 Å². The Kier molecular flexibility index (Phi) is 5.27. The molecule has 1 atom stereocenters. The number of hydrogen-bond donors (Lipinski definition) is 2. The number of amides is 1. The number of carbonyl (C=O) groups is 1. The molecule has 0 saturated carbocycles. The number of aliphatic hydroxyl groups is 1. The van der Waals surface area contributed by atoms with Crippen LogP contribution in [0, 0.1) is 0 Å². The van der Waals surface area contributed by atoms with Crippen molar-refractivity contribution in [3.63, 3.8) is 0 Å². The molecule has 1 unspecified atom stereocenters. The number of anilines is 1. The molecule has 7 nitrogen and oxygen atoms in total. The average molecular weight is 381 g/mol. The summed E-state index contributed by atoms with van der Waals surface area (Å²) in [4.78, 5) is 16.9. The fourth-order valence-corrected chi connectivity index (χ4v) is 3.34. The van der Waals surface area contributed by atoms with E-state index in [1.54, 1.807) is 30.3 Å². The first-order chi connectivity index (χ1) is 13.6. The second-order valence-corrected chi connectivity index (χ2v) is 6.87. The molecular weight excluding hydrogens is 358 g/mol. The molecule has 3 aromatic rings. The standard InChI is InChI=1S/C21H23N3O4/c1-24-19-9-6-15(11-18(19)23-20(24)12-25)22-21(26)14-4-7-16(8-5-14)28-13-17-3-2-10-27-17/h4-9,11,17,25H,2-3,10,12-13H2,1H3,(H,22,26). The monoisotopic (exact) mass is 381 g/mol. The lowest BCUT2D eigenvalue weighted by molar-refractivity contribution is 0.0679. The van der Waals surface area contributed by atoms with Crippen LogP contribution in [0.1, 0.15) is 29.0 Å². The second-order valence-electron chi connectivity index (χ2n) is 6.87. The van der Waals surface area contributed by atoms with Gasteiger partial charge in [0.15, 0.2) is 0 Å². The Bertz CT molecular complexity index is 975. The quantitative estimate of drug-likeness (QED) is 0.686. The molecule has 1 aromatic heterocycles. The highest BCUT2D eigenvalue weighted by Gasteiger charge is 2.16. The van der Waals surface area contributed by atoms with Crippen LogP contribution in [-0.2, 0) is 18.4 Å². The molecule has 7 heteroatoms. The summed E-state index contributed by atoms with van der Waals surface area (Å²) in [7, 11) is 1.85. The highest BCUT2D eigenvalue weighted by molar-refractivity contribution is 6.05. The van der Waals surface area contributed by atoms with Gasteiger partial charge in [0.25, 0.3) is 5.91 Å². The fourth-order valence-electron chi connectivity index (χ4n) is 3.34. The summed E-state index contributed by atoms with van der Waals surface area (Å²) in [5.41, 5.74) is 2.82. The maximum atomic E-state index is 12.5. The first kappa shape index (κ1) is 18.5. The van der Waals surface area contributed by atoms with E-state index in [1.807, 2.05) is 23.7 Å². The minimum absolute atomic E-state index is 0.131. The van der Waals surface area contributed by atoms with Crippen molar-refractivity contribution in [2.24, 2.45) is 7.05 Å². The number of fused-ring (bicyclic) bond motifs is 1. The highest BCUT2D eigenvalue weighted by Crippen LogP contribution is 2.21. The van der Waals surface area contributed by atoms with E-state index in [9.17, 15) is 9.90 Å². The van der Waals surface area contributed by atoms with Gasteiger partial charge in [-0.3, -0.25) is 4.79 Å². The van der Waals surface area contributed by atoms with Crippen molar-refractivity contribution in [2.45, 2.75) is 25.6 Å². The molecular formula is C21H23N3O4. The normalized spacial score (nSPS) is 16.4. The van der Waals surface area contributed by atoms with Gasteiger partial charge in [-0.2, -0.15) is 0 Å². The van der Waals surface area contributed by atoms with Gasteiger partial charge >= 0.3 is 0 Å². The van der Waals surface area contributed by atoms with Gasteiger partial charge in [-0.05, 0) is 55.3 Å². The summed E-state index contributed by atoms with van der Waals surface area (Å²) >= 11 is 0. The van der Waals surface area contributed by atoms with Gasteiger partial charge in [0, 0.05) is 24.9 Å². The largest absolute Gasteiger partial charge is 0.491 e. The predicted octanol–water partition coefficient (Wildman–Crippen LogP) is 2.88. The maximum absolute atomic E-state index is 12.5. The number of imidazole rings is 1. The summed E-state index contributed by atoms with van der Waals surface area (Å²) < 4.78 is 13.1. The van der Waals surface area contributed by atoms with Gasteiger partial charge in [-0.1, -0.05) is 0 Å². The number of nitrogens with zero attached hydrogens (tertiary/aromatic N) is 2. The van der Waals surface area contributed by atoms with E-state index in [1.165, 1.54) is 0 Å². The highest BCUT2D eigenvalue weighted by atomic mass is 16.5. The molecule has 2 aromatic carbocycles. The zero-order valence-electron chi connectivity index (χ0n) is 15.7. The third-order valence-corrected chi connectivity index (χ3v) is 4.95. The molecule has 1 saturated heterocycles. The van der Waals surface area contributed by atoms with E-state index in [2.05, 4.69) is 10.3 Å². The topological polar surface area (TPSA) is 85.6 Å². The van der Waals surface area contributed by atoms with Crippen LogP contribution in [0.2, 0.25) is 0 Å². The van der Waals surface area contributed by atoms with Crippen LogP contribution in [0.4, 0.5) is 5.69 Å². The van der Waals surface area contributed by atoms with Crippen molar-refractivity contribution >= 4 is 22.6 Å². The van der Waals surface area contributed by atoms with E-state index in [0.29, 0.717) is 23.7 Å². The Morgan fingerprint density at radius 1 is 1.32 bits per heavy atom. The number of hydrogen-bond acceptors (Lipinski definition) is 5. The summed E-state index contributed by atoms with van der Waals surface area (Å²) in [5.74, 6) is 1.10. The van der Waals surface area contributed by atoms with Gasteiger partial charge < -0.3 is 24.5 Å². The zero-order valence-corrected chi connectivity index (χ0v) is 15.7. The average Bonchev–Trinajstić information content (AvgIpc) is 3.34. The molecule has 2 N–H and O–H groups in total. The molecule has 28 heavy (non-hydrogen) atoms. The lowest BCUT2D eigenvalue weighted by Crippen LogP contribution is -2.16. The van der Waals surface area contributed by atoms with Crippen LogP contribution in [0.25, 0.3) is 11.0 Å². The molecule has 1 aliphatic rings. The zero-order chi connectivity index (χ0) is 19.5. The molecule has 2 heterocycles. The van der Waals surface area contributed by atoms with Crippen LogP contribution < -0.4 is 10.1 Å². The number of carbonyl (C=O) groups excluding carboxylic acids is 1.